The van der Waals surface area contributed by atoms with Crippen molar-refractivity contribution in [3.63, 3.8) is 0 Å². The van der Waals surface area contributed by atoms with Gasteiger partial charge in [-0.05, 0) is 40.2 Å². The molecule has 28 heavy (non-hydrogen) atoms. The van der Waals surface area contributed by atoms with Crippen LogP contribution in [0, 0.1) is 0 Å². The fourth-order valence-electron chi connectivity index (χ4n) is 2.48. The van der Waals surface area contributed by atoms with Crippen molar-refractivity contribution < 1.29 is 23.8 Å². The lowest BCUT2D eigenvalue weighted by atomic mass is 10.0. The normalized spacial score (nSPS) is 17.7. The van der Waals surface area contributed by atoms with E-state index in [1.54, 1.807) is 39.8 Å². The summed E-state index contributed by atoms with van der Waals surface area (Å²) < 4.78 is 17.1. The number of esters is 1. The van der Waals surface area contributed by atoms with Crippen LogP contribution < -0.4 is 4.74 Å². The average molecular weight is 432 g/mol. The van der Waals surface area contributed by atoms with Gasteiger partial charge in [0.2, 0.25) is 0 Å². The lowest BCUT2D eigenvalue weighted by Gasteiger charge is -2.23. The number of oxime groups is 1. The van der Waals surface area contributed by atoms with E-state index in [0.717, 1.165) is 12.8 Å². The van der Waals surface area contributed by atoms with Gasteiger partial charge in [-0.15, -0.1) is 0 Å². The summed E-state index contributed by atoms with van der Waals surface area (Å²) in [6.45, 7) is 9.99. The number of ether oxygens (including phenoxy) is 3. The summed E-state index contributed by atoms with van der Waals surface area (Å²) in [6, 6.07) is 3.20. The molecule has 0 radical (unpaired) electrons. The maximum absolute atomic E-state index is 12.3. The van der Waals surface area contributed by atoms with Crippen LogP contribution in [-0.4, -0.2) is 42.7 Å². The van der Waals surface area contributed by atoms with Crippen LogP contribution in [0.2, 0.25) is 10.0 Å². The third-order valence-electron chi connectivity index (χ3n) is 3.85. The molecular weight excluding hydrogens is 405 g/mol. The number of hydrogen-bond acceptors (Lipinski definition) is 6. The van der Waals surface area contributed by atoms with E-state index in [9.17, 15) is 4.79 Å². The molecule has 0 aromatic heterocycles. The lowest BCUT2D eigenvalue weighted by molar-refractivity contribution is -0.162. The number of nitrogens with zero attached hydrogens (tertiary/aromatic N) is 1. The molecule has 0 saturated heterocycles. The Balaban J connectivity index is 2.25. The van der Waals surface area contributed by atoms with Crippen LogP contribution in [0.25, 0.3) is 0 Å². The third kappa shape index (κ3) is 6.26. The Kier molecular flexibility index (Phi) is 7.98. The van der Waals surface area contributed by atoms with Gasteiger partial charge in [-0.25, -0.2) is 4.79 Å². The number of carbonyl (C=O) groups is 1. The van der Waals surface area contributed by atoms with Crippen molar-refractivity contribution in [2.75, 3.05) is 13.2 Å². The van der Waals surface area contributed by atoms with Crippen LogP contribution >= 0.6 is 23.2 Å². The van der Waals surface area contributed by atoms with Crippen molar-refractivity contribution in [1.29, 1.82) is 0 Å². The van der Waals surface area contributed by atoms with Crippen molar-refractivity contribution >= 4 is 34.9 Å². The predicted molar refractivity (Wildman–Crippen MR) is 110 cm³/mol. The van der Waals surface area contributed by atoms with Crippen molar-refractivity contribution in [3.8, 4) is 5.75 Å². The van der Waals surface area contributed by atoms with Gasteiger partial charge in [-0.1, -0.05) is 41.7 Å². The van der Waals surface area contributed by atoms with Crippen LogP contribution in [0.15, 0.2) is 17.3 Å². The standard InChI is InChI=1S/C20H27Cl2NO5/c1-6-7-8-25-17-11-26-23-18(17)13-9-14(21)15(22)10-16(13)27-12(2)19(24)28-20(3,4)5/h9-10,12,17H,6-8,11H2,1-5H3. The highest BCUT2D eigenvalue weighted by molar-refractivity contribution is 6.42. The van der Waals surface area contributed by atoms with Crippen molar-refractivity contribution in [1.82, 2.24) is 0 Å². The second-order valence-electron chi connectivity index (χ2n) is 7.54. The first-order valence-corrected chi connectivity index (χ1v) is 10.1. The summed E-state index contributed by atoms with van der Waals surface area (Å²) in [5, 5.41) is 4.75. The zero-order valence-corrected chi connectivity index (χ0v) is 18.4. The number of carbonyl (C=O) groups excluding carboxylic acids is 1. The Morgan fingerprint density at radius 2 is 2.00 bits per heavy atom. The van der Waals surface area contributed by atoms with E-state index < -0.39 is 17.7 Å². The molecule has 1 aromatic rings. The molecule has 0 spiro atoms. The molecule has 156 valence electrons. The quantitative estimate of drug-likeness (QED) is 0.426. The van der Waals surface area contributed by atoms with Crippen molar-refractivity contribution in [2.45, 2.75) is 65.3 Å². The Hall–Kier alpha value is -1.50. The molecule has 0 fully saturated rings. The average Bonchev–Trinajstić information content (AvgIpc) is 3.05. The van der Waals surface area contributed by atoms with E-state index in [1.165, 1.54) is 0 Å². The molecule has 0 aliphatic carbocycles. The van der Waals surface area contributed by atoms with E-state index in [4.69, 9.17) is 42.3 Å². The summed E-state index contributed by atoms with van der Waals surface area (Å²) in [7, 11) is 0. The number of hydrogen-bond donors (Lipinski definition) is 0. The first-order valence-electron chi connectivity index (χ1n) is 9.32. The second-order valence-corrected chi connectivity index (χ2v) is 8.36. The Bertz CT molecular complexity index is 730. The maximum atomic E-state index is 12.3. The molecule has 0 bridgehead atoms. The van der Waals surface area contributed by atoms with E-state index in [0.29, 0.717) is 40.3 Å². The highest BCUT2D eigenvalue weighted by Gasteiger charge is 2.30. The third-order valence-corrected chi connectivity index (χ3v) is 4.57. The molecule has 2 rings (SSSR count). The van der Waals surface area contributed by atoms with Crippen LogP contribution in [0.5, 0.6) is 5.75 Å². The van der Waals surface area contributed by atoms with Crippen LogP contribution in [-0.2, 0) is 19.1 Å². The van der Waals surface area contributed by atoms with Gasteiger partial charge in [-0.2, -0.15) is 0 Å². The van der Waals surface area contributed by atoms with E-state index in [-0.39, 0.29) is 6.10 Å². The Morgan fingerprint density at radius 1 is 1.32 bits per heavy atom. The van der Waals surface area contributed by atoms with Crippen LogP contribution in [0.4, 0.5) is 0 Å². The topological polar surface area (TPSA) is 66.3 Å². The molecule has 2 unspecified atom stereocenters. The number of unbranched alkanes of at least 4 members (excludes halogenated alkanes) is 1. The van der Waals surface area contributed by atoms with Gasteiger partial charge in [0, 0.05) is 18.2 Å². The fraction of sp³-hybridized carbons (Fsp3) is 0.600. The Labute approximate surface area is 176 Å². The van der Waals surface area contributed by atoms with Gasteiger partial charge >= 0.3 is 5.97 Å². The smallest absolute Gasteiger partial charge is 0.347 e. The van der Waals surface area contributed by atoms with Gasteiger partial charge in [0.1, 0.15) is 29.8 Å². The SMILES string of the molecule is CCCCOC1CON=C1c1cc(Cl)c(Cl)cc1OC(C)C(=O)OC(C)(C)C. The molecule has 0 saturated carbocycles. The zero-order chi connectivity index (χ0) is 20.9. The second kappa shape index (κ2) is 9.81. The largest absolute Gasteiger partial charge is 0.478 e. The fourth-order valence-corrected chi connectivity index (χ4v) is 2.80. The predicted octanol–water partition coefficient (Wildman–Crippen LogP) is 5.02. The molecule has 1 aliphatic heterocycles. The Morgan fingerprint density at radius 3 is 2.64 bits per heavy atom. The van der Waals surface area contributed by atoms with Gasteiger partial charge in [0.15, 0.2) is 6.10 Å². The first kappa shape index (κ1) is 22.8. The summed E-state index contributed by atoms with van der Waals surface area (Å²) in [5.74, 6) is -0.119. The minimum atomic E-state index is -0.849. The molecule has 0 amide bonds. The minimum absolute atomic E-state index is 0.305. The van der Waals surface area contributed by atoms with Gasteiger partial charge in [0.25, 0.3) is 0 Å². The van der Waals surface area contributed by atoms with Crippen molar-refractivity contribution in [3.05, 3.63) is 27.7 Å². The van der Waals surface area contributed by atoms with Crippen molar-refractivity contribution in [2.24, 2.45) is 5.16 Å². The summed E-state index contributed by atoms with van der Waals surface area (Å²) in [6.07, 6.45) is 0.763. The molecule has 1 aliphatic rings. The molecule has 1 aromatic carbocycles. The molecule has 8 heteroatoms. The van der Waals surface area contributed by atoms with Crippen LogP contribution in [0.3, 0.4) is 0 Å². The van der Waals surface area contributed by atoms with Gasteiger partial charge in [0.05, 0.1) is 10.0 Å². The molecular formula is C20H27Cl2NO5. The van der Waals surface area contributed by atoms with E-state index in [2.05, 4.69) is 12.1 Å². The first-order chi connectivity index (χ1) is 13.1. The van der Waals surface area contributed by atoms with E-state index >= 15 is 0 Å². The number of rotatable bonds is 8. The highest BCUT2D eigenvalue weighted by atomic mass is 35.5. The highest BCUT2D eigenvalue weighted by Crippen LogP contribution is 2.34. The number of halogens is 2. The molecule has 6 nitrogen and oxygen atoms in total. The van der Waals surface area contributed by atoms with Crippen LogP contribution in [0.1, 0.15) is 53.0 Å². The summed E-state index contributed by atoms with van der Waals surface area (Å²) in [4.78, 5) is 17.5. The molecule has 0 N–H and O–H groups in total. The monoisotopic (exact) mass is 431 g/mol. The lowest BCUT2D eigenvalue weighted by Crippen LogP contribution is -2.34. The van der Waals surface area contributed by atoms with Gasteiger partial charge in [-0.3, -0.25) is 0 Å². The molecule has 1 heterocycles. The molecule has 2 atom stereocenters. The minimum Gasteiger partial charge on any atom is -0.478 e. The zero-order valence-electron chi connectivity index (χ0n) is 16.9. The van der Waals surface area contributed by atoms with E-state index in [1.807, 2.05) is 0 Å². The summed E-state index contributed by atoms with van der Waals surface area (Å²) >= 11 is 12.4. The maximum Gasteiger partial charge on any atom is 0.347 e. The van der Waals surface area contributed by atoms with Gasteiger partial charge < -0.3 is 19.0 Å². The summed E-state index contributed by atoms with van der Waals surface area (Å²) in [5.41, 5.74) is 0.515. The number of benzene rings is 1.